The Kier molecular flexibility index (Phi) is 8.82. The van der Waals surface area contributed by atoms with Gasteiger partial charge in [0.2, 0.25) is 13.4 Å². The third-order valence-electron chi connectivity index (χ3n) is 20.8. The number of fused-ring (bicyclic) bond motifs is 23. The summed E-state index contributed by atoms with van der Waals surface area (Å²) in [6.07, 6.45) is 1.84. The number of benzene rings is 13. The van der Waals surface area contributed by atoms with Gasteiger partial charge in [0.1, 0.15) is 0 Å². The predicted octanol–water partition coefficient (Wildman–Crippen LogP) is 15.4. The molecule has 4 aliphatic rings. The zero-order chi connectivity index (χ0) is 56.8. The van der Waals surface area contributed by atoms with Crippen LogP contribution < -0.4 is 32.8 Å². The van der Waals surface area contributed by atoms with E-state index in [1.807, 2.05) is 11.8 Å². The number of aromatic nitrogens is 5. The van der Waals surface area contributed by atoms with Crippen molar-refractivity contribution < 1.29 is 0 Å². The Morgan fingerprint density at radius 1 is 0.250 bits per heavy atom. The number of hydrogen-bond donors (Lipinski definition) is 0. The van der Waals surface area contributed by atoms with Gasteiger partial charge in [-0.05, 0) is 125 Å². The molecule has 88 heavy (non-hydrogen) atoms. The lowest BCUT2D eigenvalue weighted by molar-refractivity contribution is 0.970. The first-order valence-electron chi connectivity index (χ1n) is 30.9. The molecule has 0 saturated heterocycles. The third kappa shape index (κ3) is 5.78. The molecule has 0 unspecified atom stereocenters. The Balaban J connectivity index is 0.821. The third-order valence-corrected chi connectivity index (χ3v) is 22.0. The number of nitrogens with zero attached hydrogens (tertiary/aromatic N) is 5. The van der Waals surface area contributed by atoms with Crippen LogP contribution in [0.4, 0.5) is 0 Å². The number of para-hydroxylation sites is 9. The fraction of sp³-hybridized carbons (Fsp3) is 0.0250. The molecule has 13 aromatic carbocycles. The molecule has 0 amide bonds. The van der Waals surface area contributed by atoms with Crippen LogP contribution in [0.5, 0.6) is 0 Å². The monoisotopic (exact) mass is 1130 g/mol. The van der Waals surface area contributed by atoms with Crippen LogP contribution in [0.15, 0.2) is 271 Å². The van der Waals surface area contributed by atoms with Crippen molar-refractivity contribution in [1.29, 1.82) is 0 Å². The molecule has 0 N–H and O–H groups in total. The molecule has 404 valence electrons. The molecule has 0 saturated carbocycles. The second-order valence-corrected chi connectivity index (χ2v) is 26.0. The van der Waals surface area contributed by atoms with E-state index in [9.17, 15) is 0 Å². The molecular formula is C80H47B2N5S. The number of aryl methyl sites for hydroxylation is 2. The van der Waals surface area contributed by atoms with Gasteiger partial charge in [0.15, 0.2) is 0 Å². The number of rotatable bonds is 3. The molecule has 4 aliphatic heterocycles. The lowest BCUT2D eigenvalue weighted by atomic mass is 9.34. The van der Waals surface area contributed by atoms with Crippen molar-refractivity contribution in [3.05, 3.63) is 272 Å². The van der Waals surface area contributed by atoms with E-state index in [1.165, 1.54) is 191 Å². The van der Waals surface area contributed by atoms with Crippen molar-refractivity contribution in [3.8, 4) is 28.4 Å². The summed E-state index contributed by atoms with van der Waals surface area (Å²) in [6.45, 7) is 0.0179. The highest BCUT2D eigenvalue weighted by Gasteiger charge is 2.43. The molecule has 0 atom stereocenters. The molecular weight excluding hydrogens is 1080 g/mol. The normalized spacial score (nSPS) is 13.7. The fourth-order valence-electron chi connectivity index (χ4n) is 17.4. The van der Waals surface area contributed by atoms with E-state index in [4.69, 9.17) is 0 Å². The maximum absolute atomic E-state index is 2.66. The average Bonchev–Trinajstić information content (AvgIpc) is 1.49. The van der Waals surface area contributed by atoms with Gasteiger partial charge in [-0.1, -0.05) is 204 Å². The van der Waals surface area contributed by atoms with Gasteiger partial charge in [-0.2, -0.15) is 0 Å². The number of hydrogen-bond acceptors (Lipinski definition) is 1. The van der Waals surface area contributed by atoms with E-state index in [1.54, 1.807) is 0 Å². The van der Waals surface area contributed by atoms with E-state index >= 15 is 0 Å². The maximum atomic E-state index is 2.66. The first-order valence-corrected chi connectivity index (χ1v) is 31.7. The second kappa shape index (κ2) is 16.6. The van der Waals surface area contributed by atoms with E-state index < -0.39 is 0 Å². The summed E-state index contributed by atoms with van der Waals surface area (Å²) < 4.78 is 12.9. The highest BCUT2D eigenvalue weighted by Crippen LogP contribution is 2.45. The fourth-order valence-corrected chi connectivity index (χ4v) is 18.7. The maximum Gasteiger partial charge on any atom is 0.249 e. The predicted molar refractivity (Wildman–Crippen MR) is 372 cm³/mol. The minimum Gasteiger partial charge on any atom is -0.310 e. The van der Waals surface area contributed by atoms with Crippen molar-refractivity contribution in [2.45, 2.75) is 22.6 Å². The summed E-state index contributed by atoms with van der Waals surface area (Å²) in [5.41, 5.74) is 29.8. The van der Waals surface area contributed by atoms with Crippen LogP contribution in [0.2, 0.25) is 0 Å². The lowest BCUT2D eigenvalue weighted by Crippen LogP contribution is -2.58. The van der Waals surface area contributed by atoms with Gasteiger partial charge in [-0.3, -0.25) is 0 Å². The van der Waals surface area contributed by atoms with Crippen molar-refractivity contribution in [3.63, 3.8) is 0 Å². The van der Waals surface area contributed by atoms with Gasteiger partial charge in [0, 0.05) is 103 Å². The molecule has 0 aliphatic carbocycles. The van der Waals surface area contributed by atoms with E-state index in [0.717, 1.165) is 12.8 Å². The van der Waals surface area contributed by atoms with Gasteiger partial charge < -0.3 is 22.8 Å². The summed E-state index contributed by atoms with van der Waals surface area (Å²) >= 11 is 1.96. The van der Waals surface area contributed by atoms with Gasteiger partial charge in [0.05, 0.1) is 44.1 Å². The molecule has 8 heteroatoms. The smallest absolute Gasteiger partial charge is 0.249 e. The molecule has 5 nitrogen and oxygen atoms in total. The van der Waals surface area contributed by atoms with Gasteiger partial charge in [-0.25, -0.2) is 0 Å². The largest absolute Gasteiger partial charge is 0.310 e. The lowest BCUT2D eigenvalue weighted by Gasteiger charge is -2.34. The molecule has 5 aromatic heterocycles. The van der Waals surface area contributed by atoms with Crippen LogP contribution in [-0.2, 0) is 12.8 Å². The van der Waals surface area contributed by atoms with Gasteiger partial charge >= 0.3 is 0 Å². The van der Waals surface area contributed by atoms with Crippen LogP contribution in [0.1, 0.15) is 11.1 Å². The Morgan fingerprint density at radius 3 is 1.20 bits per heavy atom. The minimum absolute atomic E-state index is 0.00495. The molecule has 22 rings (SSSR count). The summed E-state index contributed by atoms with van der Waals surface area (Å²) in [6, 6.07) is 99.9. The molecule has 18 aromatic rings. The van der Waals surface area contributed by atoms with E-state index in [0.29, 0.717) is 0 Å². The highest BCUT2D eigenvalue weighted by molar-refractivity contribution is 8.00. The van der Waals surface area contributed by atoms with Gasteiger partial charge in [0.25, 0.3) is 0 Å². The summed E-state index contributed by atoms with van der Waals surface area (Å²) in [7, 11) is 0. The molecule has 0 radical (unpaired) electrons. The summed E-state index contributed by atoms with van der Waals surface area (Å²) in [5, 5.41) is 12.9. The van der Waals surface area contributed by atoms with Crippen molar-refractivity contribution in [2.24, 2.45) is 0 Å². The van der Waals surface area contributed by atoms with Crippen molar-refractivity contribution in [2.75, 3.05) is 0 Å². The van der Waals surface area contributed by atoms with E-state index in [2.05, 4.69) is 284 Å². The van der Waals surface area contributed by atoms with Crippen LogP contribution in [0, 0.1) is 0 Å². The molecule has 0 fully saturated rings. The first-order chi connectivity index (χ1) is 43.7. The Hall–Kier alpha value is -10.7. The Morgan fingerprint density at radius 2 is 0.659 bits per heavy atom. The quantitative estimate of drug-likeness (QED) is 0.162. The second-order valence-electron chi connectivity index (χ2n) is 25.0. The molecule has 0 spiro atoms. The molecule has 9 heterocycles. The summed E-state index contributed by atoms with van der Waals surface area (Å²) in [5.74, 6) is 0. The zero-order valence-electron chi connectivity index (χ0n) is 47.5. The topological polar surface area (TPSA) is 24.6 Å². The molecule has 0 bridgehead atoms. The average molecular weight is 1130 g/mol. The standard InChI is InChI=1S/C80H47B2N5S/c1-2-18-48(19-3-1)83-71-39-46-36-37-47-38-49(84-65-30-10-4-20-51(65)52-21-5-11-31-66(52)84)40-73-77(47)81(61-28-16-26-57-55-24-8-14-34-69(55)86(73)79(57)61)63(46)43-59(71)60-44-64-75(45-72(60)83)88-76-42-50(85-67-32-12-6-22-53(67)54-23-7-13-33-68(54)85)41-74-78(76)82(64)62-29-17-27-58-56-25-9-15-35-70(56)87(74)80(58)62/h1-35,38-45H,36-37H2. The van der Waals surface area contributed by atoms with Crippen LogP contribution >= 0.6 is 11.8 Å². The van der Waals surface area contributed by atoms with Crippen LogP contribution in [0.3, 0.4) is 0 Å². The van der Waals surface area contributed by atoms with Crippen molar-refractivity contribution >= 4 is 167 Å². The Bertz CT molecular complexity index is 6140. The zero-order valence-corrected chi connectivity index (χ0v) is 48.4. The minimum atomic E-state index is 0.00495. The summed E-state index contributed by atoms with van der Waals surface area (Å²) in [4.78, 5) is 2.61. The van der Waals surface area contributed by atoms with Crippen molar-refractivity contribution in [1.82, 2.24) is 22.8 Å². The Labute approximate surface area is 509 Å². The van der Waals surface area contributed by atoms with Crippen LogP contribution in [0.25, 0.3) is 137 Å². The highest BCUT2D eigenvalue weighted by atomic mass is 32.2. The first kappa shape index (κ1) is 46.6. The SMILES string of the molecule is c1ccc(-n2c3cc4c(cc3c3cc5c(cc32)Sc2cc(-n3c6ccccc6c6ccccc63)cc3c2B5c2cccc5c6ccccc6n-3c25)B2c3c(cc(-n5c6ccccc6c6ccccc65)cc3-n3c5ccccc5c5cccc2c53)CC4)cc1. The van der Waals surface area contributed by atoms with Gasteiger partial charge in [-0.15, -0.1) is 0 Å². The van der Waals surface area contributed by atoms with Crippen LogP contribution in [-0.4, -0.2) is 36.3 Å². The van der Waals surface area contributed by atoms with E-state index in [-0.39, 0.29) is 13.4 Å².